The van der Waals surface area contributed by atoms with Gasteiger partial charge in [0.05, 0.1) is 11.0 Å². The number of aromatic nitrogens is 2. The van der Waals surface area contributed by atoms with E-state index in [9.17, 15) is 0 Å². The summed E-state index contributed by atoms with van der Waals surface area (Å²) in [4.78, 5) is 4.73. The summed E-state index contributed by atoms with van der Waals surface area (Å²) >= 11 is 0. The molecule has 1 heterocycles. The van der Waals surface area contributed by atoms with Crippen molar-refractivity contribution in [2.24, 2.45) is 0 Å². The number of aryl methyl sites for hydroxylation is 3. The van der Waals surface area contributed by atoms with E-state index < -0.39 is 0 Å². The van der Waals surface area contributed by atoms with Crippen LogP contribution in [0.1, 0.15) is 30.3 Å². The second kappa shape index (κ2) is 6.22. The first-order valence-corrected chi connectivity index (χ1v) is 7.83. The highest BCUT2D eigenvalue weighted by Crippen LogP contribution is 2.22. The van der Waals surface area contributed by atoms with Crippen LogP contribution < -0.4 is 4.74 Å². The van der Waals surface area contributed by atoms with Gasteiger partial charge in [0, 0.05) is 6.54 Å². The first kappa shape index (κ1) is 14.6. The van der Waals surface area contributed by atoms with Gasteiger partial charge in [-0.2, -0.15) is 0 Å². The molecule has 114 valence electrons. The average molecular weight is 294 g/mol. The predicted octanol–water partition coefficient (Wildman–Crippen LogP) is 4.64. The van der Waals surface area contributed by atoms with Crippen LogP contribution >= 0.6 is 0 Å². The maximum absolute atomic E-state index is 6.01. The zero-order chi connectivity index (χ0) is 15.5. The molecule has 0 aliphatic carbocycles. The zero-order valence-corrected chi connectivity index (χ0v) is 13.5. The van der Waals surface area contributed by atoms with E-state index in [1.807, 2.05) is 12.1 Å². The molecule has 3 rings (SSSR count). The number of hydrogen-bond donors (Lipinski definition) is 0. The fraction of sp³-hybridized carbons (Fsp3) is 0.316. The molecule has 22 heavy (non-hydrogen) atoms. The van der Waals surface area contributed by atoms with Crippen LogP contribution in [0.5, 0.6) is 5.75 Å². The van der Waals surface area contributed by atoms with Gasteiger partial charge in [0.2, 0.25) is 0 Å². The van der Waals surface area contributed by atoms with Gasteiger partial charge in [0.15, 0.2) is 0 Å². The van der Waals surface area contributed by atoms with Crippen molar-refractivity contribution in [3.63, 3.8) is 0 Å². The van der Waals surface area contributed by atoms with Crippen LogP contribution in [-0.2, 0) is 13.2 Å². The summed E-state index contributed by atoms with van der Waals surface area (Å²) in [6.07, 6.45) is 1.08. The van der Waals surface area contributed by atoms with Crippen molar-refractivity contribution in [3.05, 3.63) is 59.4 Å². The van der Waals surface area contributed by atoms with Crippen molar-refractivity contribution in [3.8, 4) is 5.75 Å². The Kier molecular flexibility index (Phi) is 4.14. The number of nitrogens with zero attached hydrogens (tertiary/aromatic N) is 2. The Hall–Kier alpha value is -2.29. The van der Waals surface area contributed by atoms with Gasteiger partial charge in [-0.05, 0) is 44.0 Å². The minimum absolute atomic E-state index is 0.499. The summed E-state index contributed by atoms with van der Waals surface area (Å²) in [6, 6.07) is 14.5. The molecule has 0 unspecified atom stereocenters. The fourth-order valence-electron chi connectivity index (χ4n) is 2.81. The van der Waals surface area contributed by atoms with Crippen LogP contribution in [0.15, 0.2) is 42.5 Å². The lowest BCUT2D eigenvalue weighted by atomic mass is 10.1. The fourth-order valence-corrected chi connectivity index (χ4v) is 2.81. The van der Waals surface area contributed by atoms with Crippen LogP contribution in [0.25, 0.3) is 11.0 Å². The van der Waals surface area contributed by atoms with Gasteiger partial charge in [-0.1, -0.05) is 36.8 Å². The third-order valence-corrected chi connectivity index (χ3v) is 3.87. The molecule has 0 saturated carbocycles. The number of fused-ring (bicyclic) bond motifs is 1. The summed E-state index contributed by atoms with van der Waals surface area (Å²) in [5.74, 6) is 1.92. The SMILES string of the molecule is CCCn1c(COc2ccc(C)cc2C)nc2ccccc21. The number of rotatable bonds is 5. The molecule has 0 aliphatic rings. The van der Waals surface area contributed by atoms with E-state index in [1.165, 1.54) is 11.1 Å². The Morgan fingerprint density at radius 3 is 2.68 bits per heavy atom. The van der Waals surface area contributed by atoms with E-state index in [1.54, 1.807) is 0 Å². The van der Waals surface area contributed by atoms with E-state index in [2.05, 4.69) is 55.7 Å². The van der Waals surface area contributed by atoms with Crippen molar-refractivity contribution in [2.75, 3.05) is 0 Å². The van der Waals surface area contributed by atoms with Gasteiger partial charge in [0.25, 0.3) is 0 Å². The predicted molar refractivity (Wildman–Crippen MR) is 90.3 cm³/mol. The van der Waals surface area contributed by atoms with Gasteiger partial charge in [-0.15, -0.1) is 0 Å². The zero-order valence-electron chi connectivity index (χ0n) is 13.5. The summed E-state index contributed by atoms with van der Waals surface area (Å²) in [5.41, 5.74) is 4.64. The minimum atomic E-state index is 0.499. The lowest BCUT2D eigenvalue weighted by Gasteiger charge is -2.11. The lowest BCUT2D eigenvalue weighted by Crippen LogP contribution is -2.07. The van der Waals surface area contributed by atoms with Gasteiger partial charge in [-0.3, -0.25) is 0 Å². The molecule has 1 aromatic heterocycles. The number of imidazole rings is 1. The number of benzene rings is 2. The highest BCUT2D eigenvalue weighted by Gasteiger charge is 2.10. The van der Waals surface area contributed by atoms with E-state index in [0.29, 0.717) is 6.61 Å². The molecule has 0 bridgehead atoms. The van der Waals surface area contributed by atoms with Crippen molar-refractivity contribution < 1.29 is 4.74 Å². The Balaban J connectivity index is 1.88. The first-order chi connectivity index (χ1) is 10.7. The largest absolute Gasteiger partial charge is 0.485 e. The molecule has 0 saturated heterocycles. The van der Waals surface area contributed by atoms with Gasteiger partial charge in [0.1, 0.15) is 18.2 Å². The van der Waals surface area contributed by atoms with Gasteiger partial charge in [-0.25, -0.2) is 4.98 Å². The summed E-state index contributed by atoms with van der Waals surface area (Å²) in [5, 5.41) is 0. The molecule has 3 heteroatoms. The molecule has 0 atom stereocenters. The summed E-state index contributed by atoms with van der Waals surface area (Å²) in [7, 11) is 0. The van der Waals surface area contributed by atoms with Crippen molar-refractivity contribution in [1.82, 2.24) is 9.55 Å². The Morgan fingerprint density at radius 2 is 1.91 bits per heavy atom. The van der Waals surface area contributed by atoms with Crippen molar-refractivity contribution >= 4 is 11.0 Å². The quantitative estimate of drug-likeness (QED) is 0.685. The third kappa shape index (κ3) is 2.84. The number of para-hydroxylation sites is 2. The first-order valence-electron chi connectivity index (χ1n) is 7.83. The number of ether oxygens (including phenoxy) is 1. The van der Waals surface area contributed by atoms with E-state index >= 15 is 0 Å². The Bertz CT molecular complexity index is 789. The van der Waals surface area contributed by atoms with E-state index in [-0.39, 0.29) is 0 Å². The molecule has 3 nitrogen and oxygen atoms in total. The van der Waals surface area contributed by atoms with Crippen molar-refractivity contribution in [2.45, 2.75) is 40.3 Å². The maximum Gasteiger partial charge on any atom is 0.147 e. The Morgan fingerprint density at radius 1 is 1.09 bits per heavy atom. The standard InChI is InChI=1S/C19H22N2O/c1-4-11-21-17-8-6-5-7-16(17)20-19(21)13-22-18-10-9-14(2)12-15(18)3/h5-10,12H,4,11,13H2,1-3H3. The maximum atomic E-state index is 6.01. The average Bonchev–Trinajstić information content (AvgIpc) is 2.85. The molecule has 0 N–H and O–H groups in total. The highest BCUT2D eigenvalue weighted by molar-refractivity contribution is 5.75. The lowest BCUT2D eigenvalue weighted by molar-refractivity contribution is 0.288. The molecular weight excluding hydrogens is 272 g/mol. The van der Waals surface area contributed by atoms with Crippen LogP contribution in [0, 0.1) is 13.8 Å². The smallest absolute Gasteiger partial charge is 0.147 e. The molecule has 0 amide bonds. The van der Waals surface area contributed by atoms with E-state index in [4.69, 9.17) is 9.72 Å². The molecule has 3 aromatic rings. The molecule has 0 fully saturated rings. The second-order valence-electron chi connectivity index (χ2n) is 5.73. The van der Waals surface area contributed by atoms with Crippen molar-refractivity contribution in [1.29, 1.82) is 0 Å². The normalized spacial score (nSPS) is 11.0. The van der Waals surface area contributed by atoms with Crippen LogP contribution in [0.4, 0.5) is 0 Å². The molecular formula is C19H22N2O. The topological polar surface area (TPSA) is 27.1 Å². The van der Waals surface area contributed by atoms with Crippen LogP contribution in [-0.4, -0.2) is 9.55 Å². The third-order valence-electron chi connectivity index (χ3n) is 3.87. The molecule has 2 aromatic carbocycles. The van der Waals surface area contributed by atoms with E-state index in [0.717, 1.165) is 35.6 Å². The van der Waals surface area contributed by atoms with Gasteiger partial charge < -0.3 is 9.30 Å². The second-order valence-corrected chi connectivity index (χ2v) is 5.73. The van der Waals surface area contributed by atoms with Crippen LogP contribution in [0.2, 0.25) is 0 Å². The molecule has 0 radical (unpaired) electrons. The van der Waals surface area contributed by atoms with Crippen LogP contribution in [0.3, 0.4) is 0 Å². The number of hydrogen-bond acceptors (Lipinski definition) is 2. The Labute approximate surface area is 131 Å². The summed E-state index contributed by atoms with van der Waals surface area (Å²) in [6.45, 7) is 7.82. The molecule has 0 spiro atoms. The highest BCUT2D eigenvalue weighted by atomic mass is 16.5. The molecule has 0 aliphatic heterocycles. The van der Waals surface area contributed by atoms with Gasteiger partial charge >= 0.3 is 0 Å². The minimum Gasteiger partial charge on any atom is -0.485 e. The summed E-state index contributed by atoms with van der Waals surface area (Å²) < 4.78 is 8.27. The monoisotopic (exact) mass is 294 g/mol.